The number of halogens is 6. The second-order valence-electron chi connectivity index (χ2n) is 11.6. The van der Waals surface area contributed by atoms with Gasteiger partial charge in [0.25, 0.3) is 0 Å². The first kappa shape index (κ1) is 29.6. The number of ether oxygens (including phenoxy) is 1. The van der Waals surface area contributed by atoms with Crippen molar-refractivity contribution in [3.8, 4) is 23.3 Å². The highest BCUT2D eigenvalue weighted by Crippen LogP contribution is 2.44. The molecule has 3 fully saturated rings. The molecule has 14 heteroatoms. The van der Waals surface area contributed by atoms with E-state index in [1.165, 1.54) is 6.20 Å². The van der Waals surface area contributed by atoms with E-state index < -0.39 is 45.5 Å². The number of rotatable bonds is 6. The van der Waals surface area contributed by atoms with Crippen LogP contribution in [-0.4, -0.2) is 64.3 Å². The summed E-state index contributed by atoms with van der Waals surface area (Å²) in [5, 5.41) is 8.75. The van der Waals surface area contributed by atoms with E-state index in [0.29, 0.717) is 38.3 Å². The van der Waals surface area contributed by atoms with Gasteiger partial charge in [-0.05, 0) is 50.3 Å². The fourth-order valence-electron chi connectivity index (χ4n) is 6.82. The first-order chi connectivity index (χ1) is 20.5. The molecule has 3 aliphatic rings. The molecule has 0 spiro atoms. The van der Waals surface area contributed by atoms with E-state index in [0.717, 1.165) is 44.4 Å². The van der Waals surface area contributed by atoms with Gasteiger partial charge in [-0.3, -0.25) is 9.88 Å². The molecule has 2 aromatic heterocycles. The number of piperidine rings is 1. The van der Waals surface area contributed by atoms with Gasteiger partial charge in [0.1, 0.15) is 29.8 Å². The van der Waals surface area contributed by atoms with E-state index in [1.54, 1.807) is 0 Å². The van der Waals surface area contributed by atoms with Gasteiger partial charge in [-0.1, -0.05) is 11.6 Å². The number of hydrogen-bond acceptors (Lipinski definition) is 8. The van der Waals surface area contributed by atoms with Crippen LogP contribution in [0, 0.1) is 23.1 Å². The minimum Gasteiger partial charge on any atom is -0.461 e. The number of fused-ring (bicyclic) bond motifs is 2. The van der Waals surface area contributed by atoms with Gasteiger partial charge in [0.05, 0.1) is 27.6 Å². The molecule has 0 amide bonds. The standard InChI is InChI=1S/C29H29ClF5N7O/c30-21-10-18(37)9-19(22(21)29(33,34)35)24-23(32)25-20(12-38-24)26(41-7-1-3-16(13-41)4-6-36)40-27(39-25)43-15-28-5-2-8-42(28)14-17(31)11-28/h9-10,12,16-17H,1-5,7-8,11,13-15,37H2/t16?,17-,28+/m1/s1. The largest absolute Gasteiger partial charge is 0.461 e. The Kier molecular flexibility index (Phi) is 7.71. The summed E-state index contributed by atoms with van der Waals surface area (Å²) in [5.74, 6) is -0.758. The maximum atomic E-state index is 16.3. The number of hydrogen-bond donors (Lipinski definition) is 1. The molecule has 2 N–H and O–H groups in total. The first-order valence-electron chi connectivity index (χ1n) is 14.2. The number of aromatic nitrogens is 3. The zero-order valence-electron chi connectivity index (χ0n) is 23.1. The smallest absolute Gasteiger partial charge is 0.418 e. The summed E-state index contributed by atoms with van der Waals surface area (Å²) in [7, 11) is 0. The van der Waals surface area contributed by atoms with Crippen LogP contribution in [-0.2, 0) is 6.18 Å². The summed E-state index contributed by atoms with van der Waals surface area (Å²) in [6, 6.07) is 3.94. The zero-order valence-corrected chi connectivity index (χ0v) is 23.9. The Balaban J connectivity index is 1.47. The minimum atomic E-state index is -4.92. The van der Waals surface area contributed by atoms with Crippen molar-refractivity contribution >= 4 is 34.0 Å². The third kappa shape index (κ3) is 5.51. The summed E-state index contributed by atoms with van der Waals surface area (Å²) in [4.78, 5) is 17.0. The van der Waals surface area contributed by atoms with Crippen molar-refractivity contribution in [2.75, 3.05) is 43.4 Å². The van der Waals surface area contributed by atoms with Crippen LogP contribution in [0.15, 0.2) is 18.3 Å². The van der Waals surface area contributed by atoms with E-state index in [4.69, 9.17) is 22.1 Å². The van der Waals surface area contributed by atoms with E-state index in [9.17, 15) is 22.8 Å². The predicted octanol–water partition coefficient (Wildman–Crippen LogP) is 6.17. The van der Waals surface area contributed by atoms with Gasteiger partial charge < -0.3 is 15.4 Å². The summed E-state index contributed by atoms with van der Waals surface area (Å²) in [6.07, 6.45) is -0.814. The fraction of sp³-hybridized carbons (Fsp3) is 0.517. The summed E-state index contributed by atoms with van der Waals surface area (Å²) < 4.78 is 78.9. The van der Waals surface area contributed by atoms with Crippen LogP contribution >= 0.6 is 11.6 Å². The molecule has 5 heterocycles. The molecule has 3 saturated heterocycles. The van der Waals surface area contributed by atoms with Gasteiger partial charge in [0, 0.05) is 49.9 Å². The fourth-order valence-corrected chi connectivity index (χ4v) is 7.15. The molecule has 43 heavy (non-hydrogen) atoms. The molecular formula is C29H29ClF5N7O. The number of nitrogens with zero attached hydrogens (tertiary/aromatic N) is 6. The van der Waals surface area contributed by atoms with Gasteiger partial charge >= 0.3 is 12.2 Å². The Morgan fingerprint density at radius 1 is 1.19 bits per heavy atom. The zero-order chi connectivity index (χ0) is 30.5. The number of nitrogen functional groups attached to an aromatic ring is 1. The first-order valence-corrected chi connectivity index (χ1v) is 14.5. The average molecular weight is 622 g/mol. The second kappa shape index (κ2) is 11.2. The number of alkyl halides is 4. The molecule has 0 aliphatic carbocycles. The minimum absolute atomic E-state index is 0.0555. The highest BCUT2D eigenvalue weighted by molar-refractivity contribution is 6.32. The van der Waals surface area contributed by atoms with Crippen molar-refractivity contribution in [2.24, 2.45) is 5.92 Å². The normalized spacial score (nSPS) is 24.3. The molecule has 1 aromatic carbocycles. The average Bonchev–Trinajstić information content (AvgIpc) is 3.46. The van der Waals surface area contributed by atoms with Gasteiger partial charge in [0.15, 0.2) is 5.82 Å². The Morgan fingerprint density at radius 2 is 2.00 bits per heavy atom. The molecular weight excluding hydrogens is 593 g/mol. The molecule has 8 nitrogen and oxygen atoms in total. The van der Waals surface area contributed by atoms with Gasteiger partial charge in [-0.2, -0.15) is 28.4 Å². The van der Waals surface area contributed by atoms with Gasteiger partial charge in [-0.15, -0.1) is 0 Å². The lowest BCUT2D eigenvalue weighted by molar-refractivity contribution is -0.137. The van der Waals surface area contributed by atoms with Crippen LogP contribution in [0.2, 0.25) is 5.02 Å². The molecule has 228 valence electrons. The highest BCUT2D eigenvalue weighted by atomic mass is 35.5. The summed E-state index contributed by atoms with van der Waals surface area (Å²) >= 11 is 5.93. The topological polar surface area (TPSA) is 104 Å². The Bertz CT molecular complexity index is 1600. The molecule has 0 radical (unpaired) electrons. The lowest BCUT2D eigenvalue weighted by Gasteiger charge is -2.34. The van der Waals surface area contributed by atoms with Crippen LogP contribution in [0.3, 0.4) is 0 Å². The number of nitriles is 1. The monoisotopic (exact) mass is 621 g/mol. The third-order valence-corrected chi connectivity index (χ3v) is 9.02. The van der Waals surface area contributed by atoms with Crippen LogP contribution in [0.25, 0.3) is 22.2 Å². The predicted molar refractivity (Wildman–Crippen MR) is 151 cm³/mol. The second-order valence-corrected chi connectivity index (χ2v) is 12.0. The molecule has 0 saturated carbocycles. The molecule has 3 aromatic rings. The molecule has 3 aliphatic heterocycles. The molecule has 0 bridgehead atoms. The quantitative estimate of drug-likeness (QED) is 0.257. The molecule has 3 atom stereocenters. The lowest BCUT2D eigenvalue weighted by Crippen LogP contribution is -2.43. The van der Waals surface area contributed by atoms with Gasteiger partial charge in [-0.25, -0.2) is 8.78 Å². The van der Waals surface area contributed by atoms with Crippen molar-refractivity contribution in [2.45, 2.75) is 56.4 Å². The van der Waals surface area contributed by atoms with Crippen LogP contribution in [0.4, 0.5) is 33.5 Å². The maximum absolute atomic E-state index is 16.3. The van der Waals surface area contributed by atoms with Crippen molar-refractivity contribution < 1.29 is 26.7 Å². The SMILES string of the molecule is N#CCC1CCCN(c2nc(OC[C@@]34CCCN3C[C@H](F)C4)nc3c(F)c(-c4cc(N)cc(Cl)c4C(F)(F)F)ncc23)C1. The molecule has 6 rings (SSSR count). The summed E-state index contributed by atoms with van der Waals surface area (Å²) in [6.45, 7) is 2.16. The van der Waals surface area contributed by atoms with Crippen molar-refractivity contribution in [1.29, 1.82) is 5.26 Å². The van der Waals surface area contributed by atoms with Crippen molar-refractivity contribution in [3.05, 3.63) is 34.7 Å². The Labute approximate surface area is 249 Å². The Hall–Kier alpha value is -3.50. The Morgan fingerprint density at radius 3 is 2.77 bits per heavy atom. The van der Waals surface area contributed by atoms with Crippen LogP contribution in [0.1, 0.15) is 44.1 Å². The van der Waals surface area contributed by atoms with E-state index in [2.05, 4.69) is 25.9 Å². The number of nitrogens with two attached hydrogens (primary N) is 1. The van der Waals surface area contributed by atoms with Gasteiger partial charge in [0.2, 0.25) is 0 Å². The lowest BCUT2D eigenvalue weighted by atomic mass is 9.95. The maximum Gasteiger partial charge on any atom is 0.418 e. The van der Waals surface area contributed by atoms with E-state index in [1.807, 2.05) is 4.90 Å². The van der Waals surface area contributed by atoms with Crippen molar-refractivity contribution in [3.63, 3.8) is 0 Å². The van der Waals surface area contributed by atoms with Crippen LogP contribution in [0.5, 0.6) is 6.01 Å². The highest BCUT2D eigenvalue weighted by Gasteiger charge is 2.49. The number of pyridine rings is 1. The number of benzene rings is 1. The third-order valence-electron chi connectivity index (χ3n) is 8.72. The van der Waals surface area contributed by atoms with Crippen LogP contribution < -0.4 is 15.4 Å². The van der Waals surface area contributed by atoms with Crippen molar-refractivity contribution in [1.82, 2.24) is 19.9 Å². The molecule has 1 unspecified atom stereocenters. The van der Waals surface area contributed by atoms with E-state index >= 15 is 4.39 Å². The summed E-state index contributed by atoms with van der Waals surface area (Å²) in [5.41, 5.74) is 2.39. The van der Waals surface area contributed by atoms with E-state index in [-0.39, 0.29) is 35.1 Å². The number of anilines is 2.